The van der Waals surface area contributed by atoms with Crippen molar-refractivity contribution < 1.29 is 18.7 Å². The van der Waals surface area contributed by atoms with Crippen LogP contribution in [0.4, 0.5) is 10.1 Å². The fourth-order valence-electron chi connectivity index (χ4n) is 3.25. The molecule has 0 radical (unpaired) electrons. The van der Waals surface area contributed by atoms with E-state index >= 15 is 0 Å². The maximum Gasteiger partial charge on any atom is 0.259 e. The minimum atomic E-state index is -0.625. The number of ketones is 1. The van der Waals surface area contributed by atoms with Crippen LogP contribution in [0.25, 0.3) is 6.08 Å². The van der Waals surface area contributed by atoms with E-state index in [1.54, 1.807) is 25.3 Å². The van der Waals surface area contributed by atoms with Crippen LogP contribution >= 0.6 is 11.6 Å². The van der Waals surface area contributed by atoms with E-state index in [1.165, 1.54) is 24.3 Å². The highest BCUT2D eigenvalue weighted by molar-refractivity contribution is 6.36. The standard InChI is InChI=1S/C26H17ClFNO3/c1-32-19-9-5-16(6-10-19)3-2-4-17-8-12-24-20(13-17)25(30)21(26(31)29-24)14-18-7-11-22(27)23(28)15-18/h5-15H,3H2,1H3,(H,29,31)/b21-14-. The van der Waals surface area contributed by atoms with Crippen molar-refractivity contribution in [3.63, 3.8) is 0 Å². The van der Waals surface area contributed by atoms with Crippen LogP contribution in [-0.2, 0) is 11.2 Å². The highest BCUT2D eigenvalue weighted by Crippen LogP contribution is 2.28. The summed E-state index contributed by atoms with van der Waals surface area (Å²) < 4.78 is 18.9. The van der Waals surface area contributed by atoms with Gasteiger partial charge in [-0.25, -0.2) is 4.39 Å². The van der Waals surface area contributed by atoms with Crippen molar-refractivity contribution in [2.24, 2.45) is 0 Å². The number of hydrogen-bond donors (Lipinski definition) is 1. The Hall–Kier alpha value is -3.88. The van der Waals surface area contributed by atoms with E-state index in [0.717, 1.165) is 11.3 Å². The van der Waals surface area contributed by atoms with Gasteiger partial charge in [0, 0.05) is 17.5 Å². The summed E-state index contributed by atoms with van der Waals surface area (Å²) in [5, 5.41) is 2.67. The van der Waals surface area contributed by atoms with Gasteiger partial charge in [-0.1, -0.05) is 41.6 Å². The molecule has 1 aliphatic rings. The molecule has 3 aromatic rings. The molecule has 4 nitrogen and oxygen atoms in total. The van der Waals surface area contributed by atoms with E-state index in [-0.39, 0.29) is 10.6 Å². The molecule has 0 aliphatic carbocycles. The number of ether oxygens (including phenoxy) is 1. The fraction of sp³-hybridized carbons (Fsp3) is 0.0769. The number of carbonyl (C=O) groups is 2. The third-order valence-electron chi connectivity index (χ3n) is 4.94. The topological polar surface area (TPSA) is 55.4 Å². The number of nitrogens with one attached hydrogen (secondary N) is 1. The molecule has 6 heteroatoms. The smallest absolute Gasteiger partial charge is 0.259 e. The van der Waals surface area contributed by atoms with Crippen molar-refractivity contribution in [1.82, 2.24) is 0 Å². The molecular weight excluding hydrogens is 429 g/mol. The van der Waals surface area contributed by atoms with Crippen LogP contribution in [0, 0.1) is 17.7 Å². The molecule has 3 aromatic carbocycles. The van der Waals surface area contributed by atoms with Crippen LogP contribution in [0.1, 0.15) is 27.0 Å². The minimum Gasteiger partial charge on any atom is -0.497 e. The Morgan fingerprint density at radius 1 is 1.06 bits per heavy atom. The van der Waals surface area contributed by atoms with Gasteiger partial charge in [-0.15, -0.1) is 0 Å². The molecule has 1 N–H and O–H groups in total. The fourth-order valence-corrected chi connectivity index (χ4v) is 3.37. The molecule has 0 spiro atoms. The minimum absolute atomic E-state index is 0.0326. The first-order chi connectivity index (χ1) is 15.4. The average molecular weight is 446 g/mol. The van der Waals surface area contributed by atoms with Crippen LogP contribution < -0.4 is 10.1 Å². The molecule has 1 heterocycles. The summed E-state index contributed by atoms with van der Waals surface area (Å²) in [6, 6.07) is 16.8. The van der Waals surface area contributed by atoms with E-state index in [9.17, 15) is 14.0 Å². The van der Waals surface area contributed by atoms with Crippen molar-refractivity contribution in [1.29, 1.82) is 0 Å². The number of halogens is 2. The number of carbonyl (C=O) groups excluding carboxylic acids is 2. The molecule has 4 rings (SSSR count). The first-order valence-corrected chi connectivity index (χ1v) is 10.1. The van der Waals surface area contributed by atoms with Crippen molar-refractivity contribution >= 4 is 35.1 Å². The van der Waals surface area contributed by atoms with Gasteiger partial charge in [0.1, 0.15) is 11.6 Å². The third kappa shape index (κ3) is 4.56. The van der Waals surface area contributed by atoms with Crippen molar-refractivity contribution in [2.75, 3.05) is 12.4 Å². The first kappa shape index (κ1) is 21.4. The Balaban J connectivity index is 1.58. The third-order valence-corrected chi connectivity index (χ3v) is 5.25. The second-order valence-corrected chi connectivity index (χ2v) is 7.51. The Morgan fingerprint density at radius 3 is 2.56 bits per heavy atom. The lowest BCUT2D eigenvalue weighted by Crippen LogP contribution is -2.27. The second-order valence-electron chi connectivity index (χ2n) is 7.10. The summed E-state index contributed by atoms with van der Waals surface area (Å²) >= 11 is 5.70. The van der Waals surface area contributed by atoms with Crippen LogP contribution in [0.3, 0.4) is 0 Å². The number of anilines is 1. The zero-order chi connectivity index (χ0) is 22.7. The van der Waals surface area contributed by atoms with E-state index in [0.29, 0.717) is 28.8 Å². The average Bonchev–Trinajstić information content (AvgIpc) is 2.80. The van der Waals surface area contributed by atoms with Gasteiger partial charge in [0.25, 0.3) is 5.91 Å². The van der Waals surface area contributed by atoms with Crippen LogP contribution in [-0.4, -0.2) is 18.8 Å². The van der Waals surface area contributed by atoms with Crippen LogP contribution in [0.15, 0.2) is 66.2 Å². The number of Topliss-reactive ketones (excluding diaryl/α,β-unsaturated/α-hetero) is 1. The Labute approximate surface area is 189 Å². The summed E-state index contributed by atoms with van der Waals surface area (Å²) in [5.41, 5.74) is 2.73. The maximum atomic E-state index is 13.7. The molecule has 0 saturated carbocycles. The van der Waals surface area contributed by atoms with Gasteiger partial charge in [0.15, 0.2) is 0 Å². The van der Waals surface area contributed by atoms with Gasteiger partial charge in [-0.05, 0) is 59.7 Å². The van der Waals surface area contributed by atoms with Gasteiger partial charge in [-0.2, -0.15) is 0 Å². The van der Waals surface area contributed by atoms with Crippen molar-refractivity contribution in [3.8, 4) is 17.6 Å². The number of benzene rings is 3. The van der Waals surface area contributed by atoms with Gasteiger partial charge >= 0.3 is 0 Å². The summed E-state index contributed by atoms with van der Waals surface area (Å²) in [4.78, 5) is 25.4. The molecule has 0 atom stereocenters. The van der Waals surface area contributed by atoms with E-state index in [4.69, 9.17) is 16.3 Å². The highest BCUT2D eigenvalue weighted by Gasteiger charge is 2.28. The monoisotopic (exact) mass is 445 g/mol. The summed E-state index contributed by atoms with van der Waals surface area (Å²) in [6.07, 6.45) is 1.89. The zero-order valence-corrected chi connectivity index (χ0v) is 17.8. The van der Waals surface area contributed by atoms with E-state index < -0.39 is 17.5 Å². The predicted octanol–water partition coefficient (Wildman–Crippen LogP) is 5.30. The Morgan fingerprint density at radius 2 is 1.84 bits per heavy atom. The predicted molar refractivity (Wildman–Crippen MR) is 122 cm³/mol. The molecule has 1 aliphatic heterocycles. The number of rotatable bonds is 3. The van der Waals surface area contributed by atoms with Gasteiger partial charge in [0.05, 0.1) is 23.4 Å². The molecule has 0 unspecified atom stereocenters. The van der Waals surface area contributed by atoms with Gasteiger partial charge in [-0.3, -0.25) is 9.59 Å². The van der Waals surface area contributed by atoms with Crippen LogP contribution in [0.2, 0.25) is 5.02 Å². The molecular formula is C26H17ClFNO3. The molecule has 158 valence electrons. The summed E-state index contributed by atoms with van der Waals surface area (Å²) in [6.45, 7) is 0. The zero-order valence-electron chi connectivity index (χ0n) is 17.0. The van der Waals surface area contributed by atoms with Crippen molar-refractivity contribution in [3.05, 3.63) is 99.3 Å². The quantitative estimate of drug-likeness (QED) is 0.338. The largest absolute Gasteiger partial charge is 0.497 e. The second kappa shape index (κ2) is 9.09. The molecule has 32 heavy (non-hydrogen) atoms. The maximum absolute atomic E-state index is 13.7. The lowest BCUT2D eigenvalue weighted by atomic mass is 9.93. The Bertz CT molecular complexity index is 1320. The molecule has 0 bridgehead atoms. The van der Waals surface area contributed by atoms with E-state index in [2.05, 4.69) is 17.2 Å². The summed E-state index contributed by atoms with van der Waals surface area (Å²) in [5.74, 6) is 5.30. The molecule has 0 saturated heterocycles. The summed E-state index contributed by atoms with van der Waals surface area (Å²) in [7, 11) is 1.61. The number of fused-ring (bicyclic) bond motifs is 1. The van der Waals surface area contributed by atoms with Gasteiger partial charge in [0.2, 0.25) is 5.78 Å². The van der Waals surface area contributed by atoms with Gasteiger partial charge < -0.3 is 10.1 Å². The van der Waals surface area contributed by atoms with E-state index in [1.807, 2.05) is 24.3 Å². The molecule has 0 aromatic heterocycles. The Kier molecular flexibility index (Phi) is 6.07. The lowest BCUT2D eigenvalue weighted by molar-refractivity contribution is -0.112. The molecule has 0 fully saturated rings. The SMILES string of the molecule is COc1ccc(CC#Cc2ccc3c(c2)C(=O)/C(=C/c2ccc(Cl)c(F)c2)C(=O)N3)cc1. The highest BCUT2D eigenvalue weighted by atomic mass is 35.5. The normalized spacial score (nSPS) is 13.8. The van der Waals surface area contributed by atoms with Crippen LogP contribution in [0.5, 0.6) is 5.75 Å². The van der Waals surface area contributed by atoms with Crippen molar-refractivity contribution in [2.45, 2.75) is 6.42 Å². The number of hydrogen-bond acceptors (Lipinski definition) is 3. The lowest BCUT2D eigenvalue weighted by Gasteiger charge is -2.18. The first-order valence-electron chi connectivity index (χ1n) is 9.73. The molecule has 1 amide bonds. The number of methoxy groups -OCH3 is 1. The number of amides is 1.